The number of nitrogens with zero attached hydrogens (tertiary/aromatic N) is 1. The summed E-state index contributed by atoms with van der Waals surface area (Å²) in [4.78, 5) is 30.5. The first-order valence-corrected chi connectivity index (χ1v) is 6.86. The molecular weight excluding hydrogens is 382 g/mol. The number of primary amides is 1. The minimum Gasteiger partial charge on any atom is -0.475 e. The topological polar surface area (TPSA) is 130 Å². The molecule has 0 radical (unpaired) electrons. The van der Waals surface area contributed by atoms with Crippen molar-refractivity contribution in [1.82, 2.24) is 4.90 Å². The Labute approximate surface area is 143 Å². The first kappa shape index (κ1) is 26.1. The van der Waals surface area contributed by atoms with Gasteiger partial charge in [0, 0.05) is 19.5 Å². The summed E-state index contributed by atoms with van der Waals surface area (Å²) in [5.74, 6) is -5.72. The maximum absolute atomic E-state index is 10.6. The van der Waals surface area contributed by atoms with E-state index in [1.54, 1.807) is 0 Å². The van der Waals surface area contributed by atoms with E-state index in [0.717, 1.165) is 39.3 Å². The Morgan fingerprint density at radius 3 is 1.54 bits per heavy atom. The average Bonchev–Trinajstić information content (AvgIpc) is 2.47. The molecule has 0 aromatic rings. The monoisotopic (exact) mass is 400 g/mol. The number of nitrogens with two attached hydrogens (primary N) is 1. The Balaban J connectivity index is 0. The Morgan fingerprint density at radius 1 is 0.923 bits per heavy atom. The summed E-state index contributed by atoms with van der Waals surface area (Å²) in [6, 6.07) is 0. The van der Waals surface area contributed by atoms with E-state index in [4.69, 9.17) is 30.3 Å². The smallest absolute Gasteiger partial charge is 0.475 e. The van der Waals surface area contributed by atoms with Crippen LogP contribution in [0.2, 0.25) is 0 Å². The second-order valence-electron chi connectivity index (χ2n) is 4.63. The van der Waals surface area contributed by atoms with Gasteiger partial charge in [0.1, 0.15) is 0 Å². The molecule has 1 amide bonds. The Hall–Kier alpha value is -2.09. The zero-order chi connectivity index (χ0) is 21.0. The molecule has 1 aliphatic rings. The largest absolute Gasteiger partial charge is 0.490 e. The molecule has 0 bridgehead atoms. The summed E-state index contributed by atoms with van der Waals surface area (Å²) in [5.41, 5.74) is 5.03. The lowest BCUT2D eigenvalue weighted by atomic mass is 10.2. The number of halogens is 6. The number of rotatable bonds is 4. The van der Waals surface area contributed by atoms with E-state index in [-0.39, 0.29) is 5.91 Å². The van der Waals surface area contributed by atoms with Crippen molar-refractivity contribution in [3.05, 3.63) is 0 Å². The van der Waals surface area contributed by atoms with Gasteiger partial charge in [-0.05, 0) is 13.0 Å². The zero-order valence-corrected chi connectivity index (χ0v) is 13.3. The van der Waals surface area contributed by atoms with Crippen LogP contribution in [0.3, 0.4) is 0 Å². The second kappa shape index (κ2) is 12.3. The summed E-state index contributed by atoms with van der Waals surface area (Å²) in [6.45, 7) is 4.57. The molecule has 0 atom stereocenters. The fraction of sp³-hybridized carbons (Fsp3) is 0.750. The molecule has 14 heteroatoms. The van der Waals surface area contributed by atoms with E-state index in [2.05, 4.69) is 4.90 Å². The van der Waals surface area contributed by atoms with Crippen molar-refractivity contribution in [3.63, 3.8) is 0 Å². The number of hydrogen-bond donors (Lipinski definition) is 3. The number of carbonyl (C=O) groups excluding carboxylic acids is 1. The van der Waals surface area contributed by atoms with E-state index in [9.17, 15) is 31.1 Å². The fourth-order valence-corrected chi connectivity index (χ4v) is 1.30. The molecular formula is C12H18F6N2O6. The maximum atomic E-state index is 10.6. The first-order chi connectivity index (χ1) is 11.7. The van der Waals surface area contributed by atoms with Gasteiger partial charge in [-0.1, -0.05) is 0 Å². The van der Waals surface area contributed by atoms with E-state index in [1.807, 2.05) is 0 Å². The quantitative estimate of drug-likeness (QED) is 0.597. The number of morpholine rings is 1. The molecule has 1 saturated heterocycles. The van der Waals surface area contributed by atoms with Crippen molar-refractivity contribution < 1.29 is 55.7 Å². The fourth-order valence-electron chi connectivity index (χ4n) is 1.30. The number of carboxylic acid groups (broad SMARTS) is 2. The molecule has 26 heavy (non-hydrogen) atoms. The molecule has 1 fully saturated rings. The minimum absolute atomic E-state index is 0.205. The van der Waals surface area contributed by atoms with Crippen LogP contribution in [-0.2, 0) is 19.1 Å². The van der Waals surface area contributed by atoms with Gasteiger partial charge in [0.15, 0.2) is 0 Å². The molecule has 0 unspecified atom stereocenters. The van der Waals surface area contributed by atoms with Crippen molar-refractivity contribution in [3.8, 4) is 0 Å². The number of carbonyl (C=O) groups is 3. The highest BCUT2D eigenvalue weighted by Crippen LogP contribution is 2.13. The molecule has 0 spiro atoms. The van der Waals surface area contributed by atoms with Crippen LogP contribution < -0.4 is 5.73 Å². The highest BCUT2D eigenvalue weighted by Gasteiger charge is 2.38. The molecule has 1 rings (SSSR count). The van der Waals surface area contributed by atoms with E-state index in [1.165, 1.54) is 0 Å². The first-order valence-electron chi connectivity index (χ1n) is 6.86. The Morgan fingerprint density at radius 2 is 1.27 bits per heavy atom. The SMILES string of the molecule is NC(=O)CCCN1CCOCC1.O=C(O)C(F)(F)F.O=C(O)C(F)(F)F. The lowest BCUT2D eigenvalue weighted by Crippen LogP contribution is -2.37. The van der Waals surface area contributed by atoms with E-state index in [0.29, 0.717) is 6.42 Å². The molecule has 0 aromatic carbocycles. The van der Waals surface area contributed by atoms with E-state index < -0.39 is 24.3 Å². The van der Waals surface area contributed by atoms with Crippen LogP contribution in [-0.4, -0.2) is 78.2 Å². The molecule has 1 aliphatic heterocycles. The minimum atomic E-state index is -5.08. The van der Waals surface area contributed by atoms with Crippen molar-refractivity contribution in [2.45, 2.75) is 25.2 Å². The summed E-state index contributed by atoms with van der Waals surface area (Å²) < 4.78 is 68.7. The van der Waals surface area contributed by atoms with Gasteiger partial charge >= 0.3 is 24.3 Å². The average molecular weight is 400 g/mol. The molecule has 8 nitrogen and oxygen atoms in total. The number of carboxylic acids is 2. The molecule has 4 N–H and O–H groups in total. The van der Waals surface area contributed by atoms with Crippen LogP contribution in [0, 0.1) is 0 Å². The number of aliphatic carboxylic acids is 2. The summed E-state index contributed by atoms with van der Waals surface area (Å²) in [7, 11) is 0. The molecule has 0 aromatic heterocycles. The lowest BCUT2D eigenvalue weighted by Gasteiger charge is -2.26. The maximum Gasteiger partial charge on any atom is 0.490 e. The molecule has 0 aliphatic carbocycles. The highest BCUT2D eigenvalue weighted by molar-refractivity contribution is 5.73. The second-order valence-corrected chi connectivity index (χ2v) is 4.63. The van der Waals surface area contributed by atoms with Crippen LogP contribution >= 0.6 is 0 Å². The third-order valence-corrected chi connectivity index (χ3v) is 2.49. The van der Waals surface area contributed by atoms with Gasteiger partial charge in [-0.25, -0.2) is 9.59 Å². The predicted octanol–water partition coefficient (Wildman–Crippen LogP) is 0.851. The van der Waals surface area contributed by atoms with Crippen molar-refractivity contribution in [1.29, 1.82) is 0 Å². The van der Waals surface area contributed by atoms with Crippen LogP contribution in [0.1, 0.15) is 12.8 Å². The van der Waals surface area contributed by atoms with Gasteiger partial charge in [-0.2, -0.15) is 26.3 Å². The third-order valence-electron chi connectivity index (χ3n) is 2.49. The van der Waals surface area contributed by atoms with Crippen LogP contribution in [0.25, 0.3) is 0 Å². The molecule has 0 saturated carbocycles. The summed E-state index contributed by atoms with van der Waals surface area (Å²) in [6.07, 6.45) is -8.80. The van der Waals surface area contributed by atoms with Gasteiger partial charge in [0.25, 0.3) is 0 Å². The Kier molecular flexibility index (Phi) is 12.4. The number of amides is 1. The molecule has 154 valence electrons. The number of hydrogen-bond acceptors (Lipinski definition) is 5. The van der Waals surface area contributed by atoms with Crippen molar-refractivity contribution in [2.24, 2.45) is 5.73 Å². The van der Waals surface area contributed by atoms with Crippen molar-refractivity contribution in [2.75, 3.05) is 32.8 Å². The third kappa shape index (κ3) is 16.8. The summed E-state index contributed by atoms with van der Waals surface area (Å²) >= 11 is 0. The van der Waals surface area contributed by atoms with Gasteiger partial charge in [0.2, 0.25) is 5.91 Å². The van der Waals surface area contributed by atoms with Crippen LogP contribution in [0.5, 0.6) is 0 Å². The Bertz CT molecular complexity index is 424. The number of alkyl halides is 6. The van der Waals surface area contributed by atoms with Crippen LogP contribution in [0.4, 0.5) is 26.3 Å². The van der Waals surface area contributed by atoms with Crippen molar-refractivity contribution >= 4 is 17.8 Å². The normalized spacial score (nSPS) is 15.0. The predicted molar refractivity (Wildman–Crippen MR) is 73.1 cm³/mol. The van der Waals surface area contributed by atoms with Gasteiger partial charge in [0.05, 0.1) is 13.2 Å². The summed E-state index contributed by atoms with van der Waals surface area (Å²) in [5, 5.41) is 14.2. The van der Waals surface area contributed by atoms with E-state index >= 15 is 0 Å². The molecule has 1 heterocycles. The number of ether oxygens (including phenoxy) is 1. The zero-order valence-electron chi connectivity index (χ0n) is 13.3. The lowest BCUT2D eigenvalue weighted by molar-refractivity contribution is -0.193. The van der Waals surface area contributed by atoms with Gasteiger partial charge in [-0.3, -0.25) is 9.69 Å². The highest BCUT2D eigenvalue weighted by atomic mass is 19.4. The van der Waals surface area contributed by atoms with Gasteiger partial charge < -0.3 is 20.7 Å². The van der Waals surface area contributed by atoms with Gasteiger partial charge in [-0.15, -0.1) is 0 Å². The van der Waals surface area contributed by atoms with Crippen LogP contribution in [0.15, 0.2) is 0 Å². The standard InChI is InChI=1S/C8H16N2O2.2C2HF3O2/c9-8(11)2-1-3-10-4-6-12-7-5-10;2*3-2(4,5)1(6)7/h1-7H2,(H2,9,11);2*(H,6,7).